The van der Waals surface area contributed by atoms with Crippen molar-refractivity contribution in [2.24, 2.45) is 0 Å². The van der Waals surface area contributed by atoms with Crippen molar-refractivity contribution in [3.05, 3.63) is 41.6 Å². The largest absolute Gasteiger partial charge is 0.378 e. The number of hydrogen-bond donors (Lipinski definition) is 1. The number of nitrogens with one attached hydrogen (secondary N) is 1. The molecule has 1 aliphatic rings. The fraction of sp³-hybridized carbons (Fsp3) is 0.353. The molecular weight excluding hydrogens is 334 g/mol. The van der Waals surface area contributed by atoms with E-state index in [2.05, 4.69) is 30.3 Å². The molecule has 4 rings (SSSR count). The Bertz CT molecular complexity index is 946. The van der Waals surface area contributed by atoms with E-state index in [0.29, 0.717) is 24.8 Å². The van der Waals surface area contributed by atoms with Crippen molar-refractivity contribution < 1.29 is 9.53 Å². The number of carbonyl (C=O) groups excluding carboxylic acids is 1. The number of morpholine rings is 1. The average Bonchev–Trinajstić information content (AvgIpc) is 3.08. The van der Waals surface area contributed by atoms with E-state index in [4.69, 9.17) is 4.74 Å². The van der Waals surface area contributed by atoms with Crippen LogP contribution < -0.4 is 10.2 Å². The lowest BCUT2D eigenvalue weighted by Gasteiger charge is -2.28. The van der Waals surface area contributed by atoms with Crippen LogP contribution in [0.5, 0.6) is 0 Å². The van der Waals surface area contributed by atoms with Gasteiger partial charge >= 0.3 is 0 Å². The lowest BCUT2D eigenvalue weighted by atomic mass is 10.3. The molecule has 26 heavy (non-hydrogen) atoms. The van der Waals surface area contributed by atoms with E-state index >= 15 is 0 Å². The summed E-state index contributed by atoms with van der Waals surface area (Å²) in [6, 6.07) is 5.58. The minimum Gasteiger partial charge on any atom is -0.378 e. The minimum absolute atomic E-state index is 0.0604. The molecule has 0 radical (unpaired) electrons. The van der Waals surface area contributed by atoms with Crippen LogP contribution in [0.4, 0.5) is 11.5 Å². The van der Waals surface area contributed by atoms with Crippen LogP contribution in [0.15, 0.2) is 24.4 Å². The summed E-state index contributed by atoms with van der Waals surface area (Å²) in [5.74, 6) is 0.499. The summed E-state index contributed by atoms with van der Waals surface area (Å²) >= 11 is 0. The highest BCUT2D eigenvalue weighted by molar-refractivity contribution is 6.01. The lowest BCUT2D eigenvalue weighted by molar-refractivity contribution is 0.101. The number of carbonyl (C=O) groups is 1. The maximum absolute atomic E-state index is 12.4. The van der Waals surface area contributed by atoms with Gasteiger partial charge in [0.1, 0.15) is 5.82 Å². The van der Waals surface area contributed by atoms with Crippen LogP contribution in [0.2, 0.25) is 0 Å². The van der Waals surface area contributed by atoms with Crippen LogP contribution >= 0.6 is 0 Å². The fourth-order valence-corrected chi connectivity index (χ4v) is 2.90. The van der Waals surface area contributed by atoms with Gasteiger partial charge in [0.05, 0.1) is 25.1 Å². The summed E-state index contributed by atoms with van der Waals surface area (Å²) in [7, 11) is 0. The second-order valence-electron chi connectivity index (χ2n) is 6.14. The smallest absolute Gasteiger partial charge is 0.296 e. The number of fused-ring (bicyclic) bond motifs is 1. The van der Waals surface area contributed by atoms with Crippen LogP contribution in [0.3, 0.4) is 0 Å². The van der Waals surface area contributed by atoms with Crippen molar-refractivity contribution in [1.29, 1.82) is 0 Å². The zero-order valence-electron chi connectivity index (χ0n) is 14.6. The quantitative estimate of drug-likeness (QED) is 0.756. The molecule has 0 aromatic carbocycles. The van der Waals surface area contributed by atoms with Gasteiger partial charge in [-0.15, -0.1) is 5.10 Å². The summed E-state index contributed by atoms with van der Waals surface area (Å²) in [4.78, 5) is 27.4. The molecule has 1 N–H and O–H groups in total. The van der Waals surface area contributed by atoms with Crippen molar-refractivity contribution in [2.75, 3.05) is 36.5 Å². The standard InChI is InChI=1S/C17H19N7O2/c1-11-9-12(2)24-17(19-11)21-15(22-24)16(25)20-14-4-3-13(10-18-14)23-5-7-26-8-6-23/h3-4,9-10H,5-8H2,1-2H3,(H,18,20,25). The second kappa shape index (κ2) is 6.68. The molecular formula is C17H19N7O2. The molecule has 0 saturated carbocycles. The molecule has 1 fully saturated rings. The van der Waals surface area contributed by atoms with E-state index in [1.165, 1.54) is 0 Å². The lowest BCUT2D eigenvalue weighted by Crippen LogP contribution is -2.36. The number of nitrogens with zero attached hydrogens (tertiary/aromatic N) is 6. The Morgan fingerprint density at radius 2 is 2.00 bits per heavy atom. The molecule has 9 heteroatoms. The number of aromatic nitrogens is 5. The Morgan fingerprint density at radius 1 is 1.19 bits per heavy atom. The van der Waals surface area contributed by atoms with Gasteiger partial charge in [0.2, 0.25) is 5.82 Å². The summed E-state index contributed by atoms with van der Waals surface area (Å²) in [5, 5.41) is 6.95. The molecule has 4 heterocycles. The molecule has 0 bridgehead atoms. The topological polar surface area (TPSA) is 97.5 Å². The Morgan fingerprint density at radius 3 is 2.73 bits per heavy atom. The summed E-state index contributed by atoms with van der Waals surface area (Å²) in [5.41, 5.74) is 2.70. The molecule has 1 aliphatic heterocycles. The second-order valence-corrected chi connectivity index (χ2v) is 6.14. The fourth-order valence-electron chi connectivity index (χ4n) is 2.90. The van der Waals surface area contributed by atoms with Crippen LogP contribution in [0.1, 0.15) is 22.0 Å². The predicted octanol–water partition coefficient (Wildman–Crippen LogP) is 1.23. The van der Waals surface area contributed by atoms with Gasteiger partial charge in [-0.25, -0.2) is 14.5 Å². The average molecular weight is 353 g/mol. The Kier molecular flexibility index (Phi) is 4.21. The van der Waals surface area contributed by atoms with Gasteiger partial charge in [0.25, 0.3) is 11.7 Å². The maximum atomic E-state index is 12.4. The molecule has 9 nitrogen and oxygen atoms in total. The third kappa shape index (κ3) is 3.21. The van der Waals surface area contributed by atoms with Gasteiger partial charge in [0.15, 0.2) is 0 Å². The molecule has 0 spiro atoms. The number of aryl methyl sites for hydroxylation is 2. The Balaban J connectivity index is 1.50. The Labute approximate surface area is 150 Å². The first-order chi connectivity index (χ1) is 12.6. The number of anilines is 2. The van der Waals surface area contributed by atoms with E-state index in [-0.39, 0.29) is 5.82 Å². The first-order valence-corrected chi connectivity index (χ1v) is 8.41. The molecule has 0 unspecified atom stereocenters. The number of ether oxygens (including phenoxy) is 1. The van der Waals surface area contributed by atoms with E-state index in [1.54, 1.807) is 16.8 Å². The summed E-state index contributed by atoms with van der Waals surface area (Å²) in [6.07, 6.45) is 1.74. The van der Waals surface area contributed by atoms with Crippen molar-refractivity contribution in [2.45, 2.75) is 13.8 Å². The highest BCUT2D eigenvalue weighted by atomic mass is 16.5. The SMILES string of the molecule is Cc1cc(C)n2nc(C(=O)Nc3ccc(N4CCOCC4)cn3)nc2n1. The summed E-state index contributed by atoms with van der Waals surface area (Å²) < 4.78 is 6.90. The zero-order chi connectivity index (χ0) is 18.1. The first-order valence-electron chi connectivity index (χ1n) is 8.41. The molecule has 1 saturated heterocycles. The monoisotopic (exact) mass is 353 g/mol. The molecule has 0 aliphatic carbocycles. The summed E-state index contributed by atoms with van der Waals surface area (Å²) in [6.45, 7) is 6.87. The molecule has 134 valence electrons. The van der Waals surface area contributed by atoms with Crippen molar-refractivity contribution in [3.8, 4) is 0 Å². The first kappa shape index (κ1) is 16.4. The number of amides is 1. The zero-order valence-corrected chi connectivity index (χ0v) is 14.6. The normalized spacial score (nSPS) is 14.6. The molecule has 1 amide bonds. The van der Waals surface area contributed by atoms with Crippen LogP contribution in [-0.4, -0.2) is 56.8 Å². The highest BCUT2D eigenvalue weighted by Gasteiger charge is 2.16. The van der Waals surface area contributed by atoms with Crippen LogP contribution in [-0.2, 0) is 4.74 Å². The third-order valence-electron chi connectivity index (χ3n) is 4.19. The van der Waals surface area contributed by atoms with Gasteiger partial charge in [-0.3, -0.25) is 4.79 Å². The third-order valence-corrected chi connectivity index (χ3v) is 4.19. The van der Waals surface area contributed by atoms with Crippen molar-refractivity contribution >= 4 is 23.2 Å². The van der Waals surface area contributed by atoms with Crippen molar-refractivity contribution in [3.63, 3.8) is 0 Å². The van der Waals surface area contributed by atoms with Gasteiger partial charge in [-0.05, 0) is 32.0 Å². The number of pyridine rings is 1. The van der Waals surface area contributed by atoms with Gasteiger partial charge < -0.3 is 15.0 Å². The molecule has 0 atom stereocenters. The Hall–Kier alpha value is -3.07. The van der Waals surface area contributed by atoms with E-state index in [1.807, 2.05) is 26.0 Å². The molecule has 3 aromatic heterocycles. The van der Waals surface area contributed by atoms with E-state index < -0.39 is 5.91 Å². The minimum atomic E-state index is -0.417. The number of hydrogen-bond acceptors (Lipinski definition) is 7. The number of rotatable bonds is 3. The van der Waals surface area contributed by atoms with Crippen LogP contribution in [0, 0.1) is 13.8 Å². The van der Waals surface area contributed by atoms with Gasteiger partial charge in [-0.1, -0.05) is 0 Å². The van der Waals surface area contributed by atoms with E-state index in [0.717, 1.165) is 30.2 Å². The highest BCUT2D eigenvalue weighted by Crippen LogP contribution is 2.16. The van der Waals surface area contributed by atoms with Crippen LogP contribution in [0.25, 0.3) is 5.78 Å². The molecule has 3 aromatic rings. The maximum Gasteiger partial charge on any atom is 0.296 e. The van der Waals surface area contributed by atoms with Gasteiger partial charge in [-0.2, -0.15) is 4.98 Å². The van der Waals surface area contributed by atoms with Crippen molar-refractivity contribution in [1.82, 2.24) is 24.6 Å². The van der Waals surface area contributed by atoms with Gasteiger partial charge in [0, 0.05) is 24.5 Å². The predicted molar refractivity (Wildman–Crippen MR) is 95.5 cm³/mol. The van der Waals surface area contributed by atoms with E-state index in [9.17, 15) is 4.79 Å².